The molecule has 4 atom stereocenters. The van der Waals surface area contributed by atoms with E-state index in [1.165, 1.54) is 32.1 Å². The van der Waals surface area contributed by atoms with Crippen molar-refractivity contribution in [2.75, 3.05) is 0 Å². The third kappa shape index (κ3) is 1.33. The van der Waals surface area contributed by atoms with Gasteiger partial charge in [-0.25, -0.2) is 0 Å². The molecule has 1 aromatic rings. The maximum atomic E-state index is 6.30. The molecule has 17 heavy (non-hydrogen) atoms. The van der Waals surface area contributed by atoms with E-state index >= 15 is 0 Å². The van der Waals surface area contributed by atoms with Crippen molar-refractivity contribution in [2.45, 2.75) is 56.4 Å². The van der Waals surface area contributed by atoms with E-state index in [0.29, 0.717) is 17.8 Å². The fourth-order valence-corrected chi connectivity index (χ4v) is 3.73. The van der Waals surface area contributed by atoms with Crippen molar-refractivity contribution < 1.29 is 4.52 Å². The lowest BCUT2D eigenvalue weighted by Crippen LogP contribution is -2.34. The minimum Gasteiger partial charge on any atom is -0.339 e. The zero-order valence-corrected chi connectivity index (χ0v) is 10.2. The second kappa shape index (κ2) is 3.10. The number of hydrogen-bond acceptors (Lipinski definition) is 4. The molecular weight excluding hydrogens is 214 g/mol. The molecule has 4 rings (SSSR count). The van der Waals surface area contributed by atoms with E-state index in [9.17, 15) is 0 Å². The molecule has 4 heteroatoms. The standard InChI is InChI=1S/C13H19N3O/c1-13(4-5-13)12-15-11(17-16-12)9-7-2-3-8(6-7)10(9)14/h7-10H,2-6,14H2,1H3. The summed E-state index contributed by atoms with van der Waals surface area (Å²) in [6.07, 6.45) is 6.23. The Hall–Kier alpha value is -0.900. The zero-order chi connectivity index (χ0) is 11.6. The van der Waals surface area contributed by atoms with Crippen LogP contribution in [0.4, 0.5) is 0 Å². The lowest BCUT2D eigenvalue weighted by molar-refractivity contribution is 0.278. The average molecular weight is 233 g/mol. The predicted molar refractivity (Wildman–Crippen MR) is 62.4 cm³/mol. The highest BCUT2D eigenvalue weighted by atomic mass is 16.5. The second-order valence-electron chi connectivity index (χ2n) is 6.45. The van der Waals surface area contributed by atoms with Crippen molar-refractivity contribution in [3.8, 4) is 0 Å². The fourth-order valence-electron chi connectivity index (χ4n) is 3.73. The summed E-state index contributed by atoms with van der Waals surface area (Å²) in [6, 6.07) is 0.244. The van der Waals surface area contributed by atoms with Gasteiger partial charge >= 0.3 is 0 Å². The van der Waals surface area contributed by atoms with Crippen LogP contribution in [-0.2, 0) is 5.41 Å². The zero-order valence-electron chi connectivity index (χ0n) is 10.2. The van der Waals surface area contributed by atoms with Crippen molar-refractivity contribution in [2.24, 2.45) is 17.6 Å². The summed E-state index contributed by atoms with van der Waals surface area (Å²) in [6.45, 7) is 2.21. The van der Waals surface area contributed by atoms with Gasteiger partial charge in [-0.3, -0.25) is 0 Å². The molecule has 0 spiro atoms. The van der Waals surface area contributed by atoms with E-state index in [4.69, 9.17) is 10.3 Å². The van der Waals surface area contributed by atoms with Crippen molar-refractivity contribution in [1.29, 1.82) is 0 Å². The Morgan fingerprint density at radius 1 is 1.29 bits per heavy atom. The molecule has 4 unspecified atom stereocenters. The van der Waals surface area contributed by atoms with Crippen molar-refractivity contribution in [3.05, 3.63) is 11.7 Å². The van der Waals surface area contributed by atoms with Crippen molar-refractivity contribution in [3.63, 3.8) is 0 Å². The van der Waals surface area contributed by atoms with Crippen LogP contribution >= 0.6 is 0 Å². The van der Waals surface area contributed by atoms with Gasteiger partial charge in [-0.2, -0.15) is 4.98 Å². The van der Waals surface area contributed by atoms with Crippen LogP contribution in [-0.4, -0.2) is 16.2 Å². The van der Waals surface area contributed by atoms with Gasteiger partial charge in [0.25, 0.3) is 0 Å². The van der Waals surface area contributed by atoms with Gasteiger partial charge in [0.05, 0.1) is 5.92 Å². The highest BCUT2D eigenvalue weighted by Crippen LogP contribution is 2.52. The lowest BCUT2D eigenvalue weighted by atomic mass is 9.85. The molecular formula is C13H19N3O. The molecule has 0 radical (unpaired) electrons. The van der Waals surface area contributed by atoms with Gasteiger partial charge in [0.2, 0.25) is 5.89 Å². The van der Waals surface area contributed by atoms with Crippen LogP contribution in [0.25, 0.3) is 0 Å². The Morgan fingerprint density at radius 3 is 2.71 bits per heavy atom. The number of hydrogen-bond donors (Lipinski definition) is 1. The fraction of sp³-hybridized carbons (Fsp3) is 0.846. The molecule has 1 aromatic heterocycles. The Morgan fingerprint density at radius 2 is 2.06 bits per heavy atom. The van der Waals surface area contributed by atoms with Crippen molar-refractivity contribution >= 4 is 0 Å². The highest BCUT2D eigenvalue weighted by Gasteiger charge is 2.50. The monoisotopic (exact) mass is 233 g/mol. The van der Waals surface area contributed by atoms with E-state index in [2.05, 4.69) is 17.1 Å². The molecule has 3 aliphatic carbocycles. The van der Waals surface area contributed by atoms with Gasteiger partial charge < -0.3 is 10.3 Å². The number of aromatic nitrogens is 2. The maximum Gasteiger partial charge on any atom is 0.231 e. The van der Waals surface area contributed by atoms with Crippen LogP contribution in [0.15, 0.2) is 4.52 Å². The van der Waals surface area contributed by atoms with Gasteiger partial charge in [0.1, 0.15) is 0 Å². The molecule has 3 aliphatic rings. The molecule has 2 N–H and O–H groups in total. The first-order chi connectivity index (χ1) is 8.17. The minimum absolute atomic E-state index is 0.198. The Kier molecular flexibility index (Phi) is 1.84. The number of nitrogens with two attached hydrogens (primary N) is 1. The van der Waals surface area contributed by atoms with Crippen LogP contribution < -0.4 is 5.73 Å². The van der Waals surface area contributed by atoms with Gasteiger partial charge in [-0.15, -0.1) is 0 Å². The molecule has 0 aliphatic heterocycles. The van der Waals surface area contributed by atoms with Crippen LogP contribution in [0.3, 0.4) is 0 Å². The number of fused-ring (bicyclic) bond motifs is 2. The third-order valence-corrected chi connectivity index (χ3v) is 5.25. The first kappa shape index (κ1) is 10.1. The van der Waals surface area contributed by atoms with Gasteiger partial charge in [0, 0.05) is 11.5 Å². The second-order valence-corrected chi connectivity index (χ2v) is 6.45. The Bertz CT molecular complexity index is 449. The summed E-state index contributed by atoms with van der Waals surface area (Å²) < 4.78 is 5.50. The summed E-state index contributed by atoms with van der Waals surface area (Å²) in [7, 11) is 0. The summed E-state index contributed by atoms with van der Waals surface area (Å²) in [5, 5.41) is 4.17. The van der Waals surface area contributed by atoms with Crippen LogP contribution in [0.1, 0.15) is 56.7 Å². The Labute approximate surface area is 101 Å². The van der Waals surface area contributed by atoms with Crippen molar-refractivity contribution in [1.82, 2.24) is 10.1 Å². The number of rotatable bonds is 2. The maximum absolute atomic E-state index is 6.30. The SMILES string of the molecule is CC1(c2noc(C3C4CCC(C4)C3N)n2)CC1. The number of nitrogens with zero attached hydrogens (tertiary/aromatic N) is 2. The minimum atomic E-state index is 0.198. The molecule has 1 heterocycles. The van der Waals surface area contributed by atoms with E-state index < -0.39 is 0 Å². The van der Waals surface area contributed by atoms with Gasteiger partial charge in [0.15, 0.2) is 5.82 Å². The van der Waals surface area contributed by atoms with Crippen LogP contribution in [0.2, 0.25) is 0 Å². The predicted octanol–water partition coefficient (Wildman–Crippen LogP) is 1.96. The molecule has 4 nitrogen and oxygen atoms in total. The largest absolute Gasteiger partial charge is 0.339 e. The summed E-state index contributed by atoms with van der Waals surface area (Å²) >= 11 is 0. The third-order valence-electron chi connectivity index (χ3n) is 5.25. The summed E-state index contributed by atoms with van der Waals surface area (Å²) in [5.41, 5.74) is 6.50. The van der Waals surface area contributed by atoms with Crippen LogP contribution in [0, 0.1) is 11.8 Å². The summed E-state index contributed by atoms with van der Waals surface area (Å²) in [5.74, 6) is 3.43. The lowest BCUT2D eigenvalue weighted by Gasteiger charge is -2.24. The topological polar surface area (TPSA) is 64.9 Å². The molecule has 0 amide bonds. The Balaban J connectivity index is 1.64. The smallest absolute Gasteiger partial charge is 0.231 e. The first-order valence-electron chi connectivity index (χ1n) is 6.77. The molecule has 2 bridgehead atoms. The quantitative estimate of drug-likeness (QED) is 0.848. The van der Waals surface area contributed by atoms with E-state index in [0.717, 1.165) is 11.7 Å². The van der Waals surface area contributed by atoms with E-state index in [1.807, 2.05) is 0 Å². The van der Waals surface area contributed by atoms with E-state index in [1.54, 1.807) is 0 Å². The molecule has 92 valence electrons. The molecule has 0 saturated heterocycles. The van der Waals surface area contributed by atoms with E-state index in [-0.39, 0.29) is 11.5 Å². The first-order valence-corrected chi connectivity index (χ1v) is 6.77. The molecule has 3 saturated carbocycles. The highest BCUT2D eigenvalue weighted by molar-refractivity contribution is 5.17. The van der Waals surface area contributed by atoms with Gasteiger partial charge in [-0.1, -0.05) is 12.1 Å². The molecule has 0 aromatic carbocycles. The van der Waals surface area contributed by atoms with Crippen LogP contribution in [0.5, 0.6) is 0 Å². The van der Waals surface area contributed by atoms with Gasteiger partial charge in [-0.05, 0) is 43.9 Å². The average Bonchev–Trinajstić information content (AvgIpc) is 2.79. The normalized spacial score (nSPS) is 42.0. The molecule has 3 fully saturated rings. The summed E-state index contributed by atoms with van der Waals surface area (Å²) in [4.78, 5) is 4.64.